The molecule has 152 valence electrons. The lowest BCUT2D eigenvalue weighted by molar-refractivity contribution is 0.0237. The van der Waals surface area contributed by atoms with Crippen LogP contribution in [0.25, 0.3) is 0 Å². The molecule has 1 aromatic heterocycles. The predicted molar refractivity (Wildman–Crippen MR) is 118 cm³/mol. The zero-order valence-corrected chi connectivity index (χ0v) is 18.9. The first-order chi connectivity index (χ1) is 13.7. The first-order valence-corrected chi connectivity index (χ1v) is 11.7. The average molecular weight is 485 g/mol. The number of ether oxygens (including phenoxy) is 2. The summed E-state index contributed by atoms with van der Waals surface area (Å²) in [6.45, 7) is 4.20. The predicted octanol–water partition coefficient (Wildman–Crippen LogP) is 4.80. The smallest absolute Gasteiger partial charge is 0.209 e. The van der Waals surface area contributed by atoms with Gasteiger partial charge in [-0.2, -0.15) is 0 Å². The Kier molecular flexibility index (Phi) is 7.13. The van der Waals surface area contributed by atoms with Crippen molar-refractivity contribution in [2.24, 2.45) is 0 Å². The van der Waals surface area contributed by atoms with E-state index in [-0.39, 0.29) is 0 Å². The van der Waals surface area contributed by atoms with E-state index < -0.39 is 0 Å². The summed E-state index contributed by atoms with van der Waals surface area (Å²) in [5, 5.41) is 8.86. The fourth-order valence-electron chi connectivity index (χ4n) is 3.67. The molecule has 0 amide bonds. The summed E-state index contributed by atoms with van der Waals surface area (Å²) in [6.07, 6.45) is 5.15. The Morgan fingerprint density at radius 1 is 1.21 bits per heavy atom. The third-order valence-electron chi connectivity index (χ3n) is 4.99. The first kappa shape index (κ1) is 20.4. The van der Waals surface area contributed by atoms with Crippen LogP contribution in [0.2, 0.25) is 0 Å². The van der Waals surface area contributed by atoms with Gasteiger partial charge in [0, 0.05) is 36.5 Å². The molecule has 6 nitrogen and oxygen atoms in total. The van der Waals surface area contributed by atoms with Crippen molar-refractivity contribution in [1.82, 2.24) is 14.7 Å². The quantitative estimate of drug-likeness (QED) is 0.543. The molecule has 2 unspecified atom stereocenters. The minimum absolute atomic E-state index is 0.300. The minimum atomic E-state index is 0.300. The Labute approximate surface area is 183 Å². The zero-order chi connectivity index (χ0) is 19.3. The average Bonchev–Trinajstić information content (AvgIpc) is 3.40. The second kappa shape index (κ2) is 9.77. The molecule has 2 aliphatic rings. The third-order valence-corrected chi connectivity index (χ3v) is 6.70. The molecule has 0 spiro atoms. The van der Waals surface area contributed by atoms with Crippen molar-refractivity contribution < 1.29 is 9.47 Å². The Morgan fingerprint density at radius 3 is 2.54 bits per heavy atom. The minimum Gasteiger partial charge on any atom is -0.377 e. The van der Waals surface area contributed by atoms with E-state index in [1.54, 1.807) is 0 Å². The number of nitrogens with one attached hydrogen (secondary N) is 1. The van der Waals surface area contributed by atoms with Gasteiger partial charge in [0.1, 0.15) is 0 Å². The highest BCUT2D eigenvalue weighted by Crippen LogP contribution is 2.24. The lowest BCUT2D eigenvalue weighted by Crippen LogP contribution is -2.39. The summed E-state index contributed by atoms with van der Waals surface area (Å²) in [6, 6.07) is 8.03. The van der Waals surface area contributed by atoms with Crippen molar-refractivity contribution in [2.75, 3.05) is 31.6 Å². The van der Waals surface area contributed by atoms with Gasteiger partial charge in [-0.25, -0.2) is 4.68 Å². The highest BCUT2D eigenvalue weighted by Gasteiger charge is 2.24. The van der Waals surface area contributed by atoms with E-state index in [1.807, 2.05) is 28.9 Å². The lowest BCUT2D eigenvalue weighted by atomic mass is 10.2. The van der Waals surface area contributed by atoms with Crippen LogP contribution in [0.5, 0.6) is 0 Å². The fraction of sp³-hybridized carbons (Fsp3) is 0.579. The van der Waals surface area contributed by atoms with Crippen molar-refractivity contribution in [1.29, 1.82) is 0 Å². The summed E-state index contributed by atoms with van der Waals surface area (Å²) < 4.78 is 15.4. The first-order valence-electron chi connectivity index (χ1n) is 9.72. The van der Waals surface area contributed by atoms with E-state index in [2.05, 4.69) is 26.1 Å². The summed E-state index contributed by atoms with van der Waals surface area (Å²) in [7, 11) is 0. The number of rotatable bonds is 8. The maximum Gasteiger partial charge on any atom is 0.209 e. The van der Waals surface area contributed by atoms with Crippen LogP contribution in [0.3, 0.4) is 0 Å². The van der Waals surface area contributed by atoms with Crippen molar-refractivity contribution in [3.63, 3.8) is 0 Å². The second-order valence-corrected chi connectivity index (χ2v) is 9.79. The van der Waals surface area contributed by atoms with E-state index >= 15 is 0 Å². The zero-order valence-electron chi connectivity index (χ0n) is 15.7. The van der Waals surface area contributed by atoms with Crippen molar-refractivity contribution in [3.8, 4) is 0 Å². The number of benzene rings is 1. The number of nitrogens with zero attached hydrogens (tertiary/aromatic N) is 3. The van der Waals surface area contributed by atoms with Gasteiger partial charge in [-0.1, -0.05) is 33.3 Å². The third kappa shape index (κ3) is 5.61. The molecule has 0 bridgehead atoms. The molecular formula is C19H25BrN4O2S2. The van der Waals surface area contributed by atoms with Crippen molar-refractivity contribution in [2.45, 2.75) is 44.6 Å². The maximum absolute atomic E-state index is 5.86. The number of anilines is 2. The summed E-state index contributed by atoms with van der Waals surface area (Å²) in [5.74, 6) is 0. The van der Waals surface area contributed by atoms with Gasteiger partial charge in [0.05, 0.1) is 18.9 Å². The van der Waals surface area contributed by atoms with Gasteiger partial charge in [0.25, 0.3) is 0 Å². The number of hydrogen-bond acceptors (Lipinski definition) is 7. The van der Waals surface area contributed by atoms with Gasteiger partial charge in [0.2, 0.25) is 5.13 Å². The maximum atomic E-state index is 5.86. The van der Waals surface area contributed by atoms with Crippen LogP contribution in [-0.4, -0.2) is 53.2 Å². The second-order valence-electron chi connectivity index (χ2n) is 7.26. The lowest BCUT2D eigenvalue weighted by Gasteiger charge is -2.27. The van der Waals surface area contributed by atoms with Crippen LogP contribution in [0, 0.1) is 3.95 Å². The monoisotopic (exact) mass is 484 g/mol. The molecule has 2 aliphatic heterocycles. The summed E-state index contributed by atoms with van der Waals surface area (Å²) in [4.78, 5) is 2.38. The molecule has 4 rings (SSSR count). The van der Waals surface area contributed by atoms with Crippen LogP contribution in [0.4, 0.5) is 10.8 Å². The highest BCUT2D eigenvalue weighted by molar-refractivity contribution is 9.10. The molecule has 0 saturated carbocycles. The molecule has 3 heterocycles. The Bertz CT molecular complexity index is 813. The molecule has 2 atom stereocenters. The summed E-state index contributed by atoms with van der Waals surface area (Å²) in [5.41, 5.74) is 0.987. The number of halogens is 1. The molecule has 28 heavy (non-hydrogen) atoms. The largest absolute Gasteiger partial charge is 0.377 e. The van der Waals surface area contributed by atoms with E-state index in [0.29, 0.717) is 18.9 Å². The van der Waals surface area contributed by atoms with Gasteiger partial charge < -0.3 is 14.8 Å². The topological polar surface area (TPSA) is 51.6 Å². The number of aromatic nitrogens is 2. The number of hydrogen-bond donors (Lipinski definition) is 1. The van der Waals surface area contributed by atoms with Gasteiger partial charge in [0.15, 0.2) is 3.95 Å². The summed E-state index contributed by atoms with van der Waals surface area (Å²) >= 11 is 10.6. The Morgan fingerprint density at radius 2 is 1.93 bits per heavy atom. The van der Waals surface area contributed by atoms with Gasteiger partial charge in [-0.3, -0.25) is 4.90 Å². The normalized spacial score (nSPS) is 22.2. The Hall–Kier alpha value is -0.840. The van der Waals surface area contributed by atoms with Crippen LogP contribution < -0.4 is 5.32 Å². The van der Waals surface area contributed by atoms with Crippen LogP contribution in [0.15, 0.2) is 28.7 Å². The highest BCUT2D eigenvalue weighted by atomic mass is 79.9. The van der Waals surface area contributed by atoms with Crippen LogP contribution in [0.1, 0.15) is 25.7 Å². The van der Waals surface area contributed by atoms with Gasteiger partial charge in [-0.15, -0.1) is 5.10 Å². The van der Waals surface area contributed by atoms with Crippen molar-refractivity contribution >= 4 is 50.3 Å². The molecule has 1 N–H and O–H groups in total. The van der Waals surface area contributed by atoms with Crippen LogP contribution >= 0.6 is 39.5 Å². The molecule has 2 saturated heterocycles. The van der Waals surface area contributed by atoms with E-state index in [1.165, 1.54) is 11.3 Å². The van der Waals surface area contributed by atoms with Crippen molar-refractivity contribution in [3.05, 3.63) is 32.7 Å². The Balaban J connectivity index is 1.44. The molecule has 0 radical (unpaired) electrons. The molecule has 1 aromatic carbocycles. The molecule has 0 aliphatic carbocycles. The molecule has 2 fully saturated rings. The van der Waals surface area contributed by atoms with Gasteiger partial charge in [-0.05, 0) is 56.1 Å². The van der Waals surface area contributed by atoms with E-state index in [4.69, 9.17) is 26.8 Å². The van der Waals surface area contributed by atoms with Gasteiger partial charge >= 0.3 is 0 Å². The standard InChI is InChI=1S/C19H25BrN4O2S2/c20-14-4-1-5-15(10-14)21-18-22-24(19(27)28-18)13-23(11-16-6-2-8-25-16)12-17-7-3-9-26-17/h1,4-5,10,16-17H,2-3,6-9,11-13H2,(H,21,22). The molecular weight excluding hydrogens is 460 g/mol. The molecule has 9 heteroatoms. The molecule has 2 aromatic rings. The SMILES string of the molecule is S=c1sc(Nc2cccc(Br)c2)nn1CN(CC1CCCO1)CC1CCCO1. The van der Waals surface area contributed by atoms with E-state index in [0.717, 1.165) is 71.2 Å². The van der Waals surface area contributed by atoms with Crippen LogP contribution in [-0.2, 0) is 16.1 Å². The fourth-order valence-corrected chi connectivity index (χ4v) is 5.08. The van der Waals surface area contributed by atoms with E-state index in [9.17, 15) is 0 Å².